The van der Waals surface area contributed by atoms with E-state index >= 15 is 0 Å². The molecule has 1 rings (SSSR count). The van der Waals surface area contributed by atoms with Gasteiger partial charge in [-0.15, -0.1) is 0 Å². The second kappa shape index (κ2) is 4.07. The Bertz CT molecular complexity index is 116. The van der Waals surface area contributed by atoms with E-state index in [1.165, 1.54) is 25.7 Å². The van der Waals surface area contributed by atoms with Crippen LogP contribution in [0.4, 0.5) is 0 Å². The summed E-state index contributed by atoms with van der Waals surface area (Å²) in [6, 6.07) is 0.523. The van der Waals surface area contributed by atoms with E-state index in [1.54, 1.807) is 0 Å². The van der Waals surface area contributed by atoms with Gasteiger partial charge in [0.2, 0.25) is 0 Å². The van der Waals surface area contributed by atoms with Crippen molar-refractivity contribution in [3.8, 4) is 0 Å². The molecule has 0 amide bonds. The average molecular weight is 202 g/mol. The molecule has 0 atom stereocenters. The molecule has 1 fully saturated rings. The fourth-order valence-electron chi connectivity index (χ4n) is 1.17. The first-order valence-electron chi connectivity index (χ1n) is 3.18. The zero-order chi connectivity index (χ0) is 6.69. The average Bonchev–Trinajstić information content (AvgIpc) is 2.15. The second-order valence-corrected chi connectivity index (χ2v) is 7.21. The van der Waals surface area contributed by atoms with Gasteiger partial charge in [-0.25, -0.2) is 0 Å². The molecule has 0 aromatic rings. The predicted molar refractivity (Wildman–Crippen MR) is 36.4 cm³/mol. The normalized spacial score (nSPS) is 20.2. The van der Waals surface area contributed by atoms with Crippen LogP contribution >= 0.6 is 18.6 Å². The van der Waals surface area contributed by atoms with Crippen LogP contribution in [0, 0.1) is 0 Å². The van der Waals surface area contributed by atoms with Crippen molar-refractivity contribution in [1.29, 1.82) is 0 Å². The van der Waals surface area contributed by atoms with E-state index in [4.69, 9.17) is 18.6 Å². The van der Waals surface area contributed by atoms with Crippen LogP contribution in [-0.4, -0.2) is 6.04 Å². The van der Waals surface area contributed by atoms with Gasteiger partial charge < -0.3 is 0 Å². The summed E-state index contributed by atoms with van der Waals surface area (Å²) in [6.45, 7) is 0. The molecular weight excluding hydrogens is 193 g/mol. The first-order chi connectivity index (χ1) is 4.29. The Labute approximate surface area is 69.2 Å². The van der Waals surface area contributed by atoms with Gasteiger partial charge in [0.05, 0.1) is 0 Å². The summed E-state index contributed by atoms with van der Waals surface area (Å²) >= 11 is -1.88. The minimum absolute atomic E-state index is 0.523. The van der Waals surface area contributed by atoms with E-state index in [0.717, 1.165) is 0 Å². The van der Waals surface area contributed by atoms with Crippen LogP contribution in [0.5, 0.6) is 0 Å². The molecule has 4 heteroatoms. The van der Waals surface area contributed by atoms with Gasteiger partial charge in [0.1, 0.15) is 0 Å². The Balaban J connectivity index is 2.35. The zero-order valence-electron chi connectivity index (χ0n) is 5.11. The molecule has 1 nitrogen and oxygen atoms in total. The minimum atomic E-state index is -1.88. The summed E-state index contributed by atoms with van der Waals surface area (Å²) in [4.78, 5) is 0. The van der Waals surface area contributed by atoms with Gasteiger partial charge >= 0.3 is 69.3 Å². The topological polar surface area (TPSA) is 12.4 Å². The summed E-state index contributed by atoms with van der Waals surface area (Å²) in [6.07, 6.45) is 5.06. The van der Waals surface area contributed by atoms with Gasteiger partial charge in [-0.2, -0.15) is 0 Å². The molecule has 0 aromatic carbocycles. The number of hydrogen-bond acceptors (Lipinski definition) is 1. The van der Waals surface area contributed by atoms with E-state index < -0.39 is 15.6 Å². The second-order valence-electron chi connectivity index (χ2n) is 2.31. The fraction of sp³-hybridized carbons (Fsp3) is 1.00. The van der Waals surface area contributed by atoms with Crippen LogP contribution in [0.25, 0.3) is 0 Å². The van der Waals surface area contributed by atoms with E-state index in [-0.39, 0.29) is 0 Å². The monoisotopic (exact) mass is 201 g/mol. The van der Waals surface area contributed by atoms with Crippen molar-refractivity contribution < 1.29 is 15.6 Å². The third kappa shape index (κ3) is 3.13. The van der Waals surface area contributed by atoms with Crippen LogP contribution in [0.15, 0.2) is 3.42 Å². The zero-order valence-corrected chi connectivity index (χ0v) is 8.18. The molecule has 0 radical (unpaired) electrons. The molecule has 9 heavy (non-hydrogen) atoms. The van der Waals surface area contributed by atoms with Crippen LogP contribution in [-0.2, 0) is 15.6 Å². The van der Waals surface area contributed by atoms with Gasteiger partial charge in [0, 0.05) is 0 Å². The van der Waals surface area contributed by atoms with Crippen LogP contribution in [0.2, 0.25) is 0 Å². The Morgan fingerprint density at radius 2 is 1.78 bits per heavy atom. The van der Waals surface area contributed by atoms with Gasteiger partial charge in [-0.1, -0.05) is 0 Å². The molecule has 0 saturated heterocycles. The summed E-state index contributed by atoms with van der Waals surface area (Å²) in [7, 11) is 11.2. The molecule has 0 aliphatic heterocycles. The quantitative estimate of drug-likeness (QED) is 0.579. The van der Waals surface area contributed by atoms with E-state index in [9.17, 15) is 0 Å². The summed E-state index contributed by atoms with van der Waals surface area (Å²) in [5, 5.41) is 0. The van der Waals surface area contributed by atoms with Crippen molar-refractivity contribution in [2.24, 2.45) is 3.42 Å². The van der Waals surface area contributed by atoms with Gasteiger partial charge in [-0.05, 0) is 0 Å². The third-order valence-corrected chi connectivity index (χ3v) is 3.28. The molecule has 0 spiro atoms. The van der Waals surface area contributed by atoms with E-state index in [0.29, 0.717) is 6.04 Å². The van der Waals surface area contributed by atoms with Gasteiger partial charge in [0.25, 0.3) is 0 Å². The van der Waals surface area contributed by atoms with Crippen molar-refractivity contribution in [2.75, 3.05) is 0 Å². The summed E-state index contributed by atoms with van der Waals surface area (Å²) in [5.74, 6) is 0. The third-order valence-electron chi connectivity index (χ3n) is 1.60. The summed E-state index contributed by atoms with van der Waals surface area (Å²) in [5.41, 5.74) is 0. The maximum atomic E-state index is 5.62. The fourth-order valence-corrected chi connectivity index (χ4v) is 3.14. The maximum absolute atomic E-state index is 5.62. The number of rotatable bonds is 1. The molecule has 0 unspecified atom stereocenters. The van der Waals surface area contributed by atoms with Gasteiger partial charge in [0.15, 0.2) is 0 Å². The standard InChI is InChI=1S/C5H9N.2ClH.Ti/c6-5-3-1-2-4-5;;;/h5H,1-4H2;2*1H;/q;;;+2/p-2. The molecule has 52 valence electrons. The molecule has 1 saturated carbocycles. The van der Waals surface area contributed by atoms with Crippen molar-refractivity contribution in [3.63, 3.8) is 0 Å². The Kier molecular flexibility index (Phi) is 3.71. The number of nitrogens with zero attached hydrogens (tertiary/aromatic N) is 1. The van der Waals surface area contributed by atoms with Crippen LogP contribution < -0.4 is 0 Å². The number of hydrogen-bond donors (Lipinski definition) is 0. The first kappa shape index (κ1) is 8.19. The molecular formula is C5H9Cl2NTi. The van der Waals surface area contributed by atoms with E-state index in [2.05, 4.69) is 3.42 Å². The molecule has 0 aromatic heterocycles. The molecule has 1 aliphatic rings. The predicted octanol–water partition coefficient (Wildman–Crippen LogP) is 3.04. The first-order valence-corrected chi connectivity index (χ1v) is 8.17. The van der Waals surface area contributed by atoms with Gasteiger partial charge in [-0.3, -0.25) is 0 Å². The molecule has 1 aliphatic carbocycles. The molecule has 0 N–H and O–H groups in total. The van der Waals surface area contributed by atoms with Crippen molar-refractivity contribution in [1.82, 2.24) is 0 Å². The molecule has 0 bridgehead atoms. The van der Waals surface area contributed by atoms with E-state index in [1.807, 2.05) is 0 Å². The van der Waals surface area contributed by atoms with Crippen LogP contribution in [0.3, 0.4) is 0 Å². The Hall–Kier alpha value is 1.09. The van der Waals surface area contributed by atoms with Crippen molar-refractivity contribution >= 4 is 18.6 Å². The Morgan fingerprint density at radius 3 is 2.22 bits per heavy atom. The van der Waals surface area contributed by atoms with Crippen molar-refractivity contribution in [3.05, 3.63) is 0 Å². The molecule has 0 heterocycles. The van der Waals surface area contributed by atoms with Crippen molar-refractivity contribution in [2.45, 2.75) is 31.7 Å². The number of halogens is 2. The SMILES string of the molecule is [Cl][Ti]([Cl])=[N]C1CCCC1. The van der Waals surface area contributed by atoms with Crippen LogP contribution in [0.1, 0.15) is 25.7 Å². The summed E-state index contributed by atoms with van der Waals surface area (Å²) < 4.78 is 4.27. The Morgan fingerprint density at radius 1 is 1.22 bits per heavy atom.